The molecule has 0 unspecified atom stereocenters. The summed E-state index contributed by atoms with van der Waals surface area (Å²) in [5.74, 6) is -1.00. The van der Waals surface area contributed by atoms with E-state index in [-0.39, 0.29) is 5.91 Å². The summed E-state index contributed by atoms with van der Waals surface area (Å²) in [6.45, 7) is 1.77. The van der Waals surface area contributed by atoms with Crippen molar-refractivity contribution < 1.29 is 9.59 Å². The number of carbonyl (C=O) groups is 2. The Morgan fingerprint density at radius 1 is 0.923 bits per heavy atom. The van der Waals surface area contributed by atoms with Crippen LogP contribution in [0.2, 0.25) is 0 Å². The predicted octanol–water partition coefficient (Wildman–Crippen LogP) is 3.01. The Morgan fingerprint density at radius 3 is 2.12 bits per heavy atom. The van der Waals surface area contributed by atoms with Crippen LogP contribution in [0.3, 0.4) is 0 Å². The quantitative estimate of drug-likeness (QED) is 0.745. The van der Waals surface area contributed by atoms with E-state index in [9.17, 15) is 9.59 Å². The van der Waals surface area contributed by atoms with Crippen LogP contribution in [0.25, 0.3) is 11.3 Å². The van der Waals surface area contributed by atoms with Crippen LogP contribution in [0.4, 0.5) is 0 Å². The smallest absolute Gasteiger partial charge is 0.254 e. The van der Waals surface area contributed by atoms with Crippen LogP contribution in [0.15, 0.2) is 72.8 Å². The van der Waals surface area contributed by atoms with Crippen molar-refractivity contribution in [1.82, 2.24) is 10.3 Å². The summed E-state index contributed by atoms with van der Waals surface area (Å²) in [6.07, 6.45) is 0. The molecular weight excluding hydrogens is 326 g/mol. The fraction of sp³-hybridized carbons (Fsp3) is 0.0952. The van der Waals surface area contributed by atoms with E-state index in [0.717, 1.165) is 11.3 Å². The number of aryl methyl sites for hydroxylation is 1. The predicted molar refractivity (Wildman–Crippen MR) is 100 cm³/mol. The molecule has 0 saturated heterocycles. The maximum atomic E-state index is 12.6. The Kier molecular flexibility index (Phi) is 5.08. The van der Waals surface area contributed by atoms with Crippen LogP contribution >= 0.6 is 0 Å². The minimum Gasteiger partial charge on any atom is -0.368 e. The van der Waals surface area contributed by atoms with E-state index < -0.39 is 11.9 Å². The first-order valence-corrected chi connectivity index (χ1v) is 8.24. The number of benzene rings is 2. The summed E-state index contributed by atoms with van der Waals surface area (Å²) in [5.41, 5.74) is 8.86. The molecule has 5 nitrogen and oxygen atoms in total. The summed E-state index contributed by atoms with van der Waals surface area (Å²) in [4.78, 5) is 28.9. The standard InChI is InChI=1S/C21H19N3O2/c1-14-17(12-13-18(23-14)15-8-4-2-5-9-15)21(26)24-19(20(22)25)16-10-6-3-7-11-16/h2-13,19H,1H3,(H2,22,25)(H,24,26)/t19-/m0/s1. The number of rotatable bonds is 5. The number of primary amides is 1. The van der Waals surface area contributed by atoms with Crippen LogP contribution < -0.4 is 11.1 Å². The highest BCUT2D eigenvalue weighted by molar-refractivity contribution is 5.98. The average Bonchev–Trinajstić information content (AvgIpc) is 2.67. The molecule has 1 heterocycles. The number of pyridine rings is 1. The topological polar surface area (TPSA) is 85.1 Å². The van der Waals surface area contributed by atoms with E-state index >= 15 is 0 Å². The number of nitrogens with one attached hydrogen (secondary N) is 1. The van der Waals surface area contributed by atoms with Gasteiger partial charge < -0.3 is 11.1 Å². The summed E-state index contributed by atoms with van der Waals surface area (Å²) >= 11 is 0. The second-order valence-electron chi connectivity index (χ2n) is 5.92. The van der Waals surface area contributed by atoms with Crippen molar-refractivity contribution in [3.8, 4) is 11.3 Å². The van der Waals surface area contributed by atoms with Crippen LogP contribution in [0.1, 0.15) is 27.7 Å². The van der Waals surface area contributed by atoms with Gasteiger partial charge in [0.25, 0.3) is 5.91 Å². The van der Waals surface area contributed by atoms with Gasteiger partial charge >= 0.3 is 0 Å². The van der Waals surface area contributed by atoms with Gasteiger partial charge in [-0.25, -0.2) is 0 Å². The molecule has 0 aliphatic heterocycles. The highest BCUT2D eigenvalue weighted by atomic mass is 16.2. The molecular formula is C21H19N3O2. The third-order valence-electron chi connectivity index (χ3n) is 4.09. The summed E-state index contributed by atoms with van der Waals surface area (Å²) in [6, 6.07) is 21.2. The van der Waals surface area contributed by atoms with E-state index in [4.69, 9.17) is 5.73 Å². The molecule has 0 saturated carbocycles. The van der Waals surface area contributed by atoms with Gasteiger partial charge in [-0.2, -0.15) is 0 Å². The van der Waals surface area contributed by atoms with E-state index in [1.54, 1.807) is 43.3 Å². The Morgan fingerprint density at radius 2 is 1.54 bits per heavy atom. The molecule has 3 aromatic rings. The molecule has 1 atom stereocenters. The first-order valence-electron chi connectivity index (χ1n) is 8.24. The lowest BCUT2D eigenvalue weighted by Gasteiger charge is -2.16. The summed E-state index contributed by atoms with van der Waals surface area (Å²) in [5, 5.41) is 2.70. The van der Waals surface area contributed by atoms with Crippen molar-refractivity contribution in [1.29, 1.82) is 0 Å². The summed E-state index contributed by atoms with van der Waals surface area (Å²) < 4.78 is 0. The molecule has 2 amide bonds. The van der Waals surface area contributed by atoms with Crippen LogP contribution in [0, 0.1) is 6.92 Å². The van der Waals surface area contributed by atoms with Gasteiger partial charge in [-0.05, 0) is 24.6 Å². The molecule has 3 rings (SSSR count). The van der Waals surface area contributed by atoms with E-state index in [2.05, 4.69) is 10.3 Å². The summed E-state index contributed by atoms with van der Waals surface area (Å²) in [7, 11) is 0. The Balaban J connectivity index is 1.84. The normalized spacial score (nSPS) is 11.6. The minimum atomic E-state index is -0.892. The fourth-order valence-corrected chi connectivity index (χ4v) is 2.74. The van der Waals surface area contributed by atoms with Crippen molar-refractivity contribution >= 4 is 11.8 Å². The molecule has 1 aromatic heterocycles. The first kappa shape index (κ1) is 17.4. The van der Waals surface area contributed by atoms with Gasteiger partial charge in [0.1, 0.15) is 6.04 Å². The van der Waals surface area contributed by atoms with Gasteiger partial charge in [-0.3, -0.25) is 14.6 Å². The maximum absolute atomic E-state index is 12.6. The Hall–Kier alpha value is -3.47. The zero-order valence-corrected chi connectivity index (χ0v) is 14.3. The van der Waals surface area contributed by atoms with E-state index in [1.165, 1.54) is 0 Å². The lowest BCUT2D eigenvalue weighted by Crippen LogP contribution is -2.37. The Labute approximate surface area is 151 Å². The SMILES string of the molecule is Cc1nc(-c2ccccc2)ccc1C(=O)N[C@H](C(N)=O)c1ccccc1. The van der Waals surface area contributed by atoms with Gasteiger partial charge in [0, 0.05) is 5.56 Å². The number of hydrogen-bond acceptors (Lipinski definition) is 3. The van der Waals surface area contributed by atoms with Gasteiger partial charge in [-0.1, -0.05) is 60.7 Å². The third-order valence-corrected chi connectivity index (χ3v) is 4.09. The van der Waals surface area contributed by atoms with Gasteiger partial charge in [-0.15, -0.1) is 0 Å². The van der Waals surface area contributed by atoms with Crippen LogP contribution in [-0.2, 0) is 4.79 Å². The molecule has 26 heavy (non-hydrogen) atoms. The minimum absolute atomic E-state index is 0.387. The molecule has 2 aromatic carbocycles. The zero-order valence-electron chi connectivity index (χ0n) is 14.3. The number of nitrogens with two attached hydrogens (primary N) is 1. The number of nitrogens with zero attached hydrogens (tertiary/aromatic N) is 1. The zero-order chi connectivity index (χ0) is 18.5. The van der Waals surface area contributed by atoms with Gasteiger partial charge in [0.05, 0.1) is 17.0 Å². The third kappa shape index (κ3) is 3.78. The second kappa shape index (κ2) is 7.61. The van der Waals surface area contributed by atoms with E-state index in [0.29, 0.717) is 16.8 Å². The molecule has 3 N–H and O–H groups in total. The molecule has 0 aliphatic carbocycles. The first-order chi connectivity index (χ1) is 12.6. The van der Waals surface area contributed by atoms with Crippen molar-refractivity contribution in [3.63, 3.8) is 0 Å². The van der Waals surface area contributed by atoms with Crippen molar-refractivity contribution in [2.24, 2.45) is 5.73 Å². The molecule has 0 fully saturated rings. The monoisotopic (exact) mass is 345 g/mol. The number of carbonyl (C=O) groups excluding carboxylic acids is 2. The molecule has 0 radical (unpaired) electrons. The fourth-order valence-electron chi connectivity index (χ4n) is 2.74. The van der Waals surface area contributed by atoms with Crippen LogP contribution in [-0.4, -0.2) is 16.8 Å². The molecule has 5 heteroatoms. The van der Waals surface area contributed by atoms with Crippen molar-refractivity contribution in [2.45, 2.75) is 13.0 Å². The molecule has 0 aliphatic rings. The average molecular weight is 345 g/mol. The van der Waals surface area contributed by atoms with Gasteiger partial charge in [0.15, 0.2) is 0 Å². The van der Waals surface area contributed by atoms with Crippen molar-refractivity contribution in [2.75, 3.05) is 0 Å². The number of aromatic nitrogens is 1. The molecule has 0 spiro atoms. The number of hydrogen-bond donors (Lipinski definition) is 2. The highest BCUT2D eigenvalue weighted by Gasteiger charge is 2.22. The lowest BCUT2D eigenvalue weighted by atomic mass is 10.0. The van der Waals surface area contributed by atoms with Crippen LogP contribution in [0.5, 0.6) is 0 Å². The maximum Gasteiger partial charge on any atom is 0.254 e. The Bertz CT molecular complexity index is 925. The largest absolute Gasteiger partial charge is 0.368 e. The second-order valence-corrected chi connectivity index (χ2v) is 5.92. The van der Waals surface area contributed by atoms with Crippen molar-refractivity contribution in [3.05, 3.63) is 89.6 Å². The molecule has 130 valence electrons. The lowest BCUT2D eigenvalue weighted by molar-refractivity contribution is -0.120. The van der Waals surface area contributed by atoms with E-state index in [1.807, 2.05) is 36.4 Å². The molecule has 0 bridgehead atoms. The van der Waals surface area contributed by atoms with Gasteiger partial charge in [0.2, 0.25) is 5.91 Å². The number of amides is 2. The highest BCUT2D eigenvalue weighted by Crippen LogP contribution is 2.19.